The number of phenols is 1. The van der Waals surface area contributed by atoms with Crippen LogP contribution in [0.2, 0.25) is 0 Å². The Hall–Kier alpha value is -2.57. The van der Waals surface area contributed by atoms with E-state index in [9.17, 15) is 23.1 Å². The van der Waals surface area contributed by atoms with Gasteiger partial charge in [0, 0.05) is 25.0 Å². The second kappa shape index (κ2) is 5.43. The Labute approximate surface area is 118 Å². The van der Waals surface area contributed by atoms with Gasteiger partial charge in [0.25, 0.3) is 5.91 Å². The van der Waals surface area contributed by atoms with Crippen LogP contribution in [-0.2, 0) is 6.18 Å². The lowest BCUT2D eigenvalue weighted by Crippen LogP contribution is -2.27. The number of rotatable bonds is 2. The Morgan fingerprint density at radius 1 is 1.24 bits per heavy atom. The highest BCUT2D eigenvalue weighted by atomic mass is 19.4. The number of halogens is 3. The van der Waals surface area contributed by atoms with Crippen molar-refractivity contribution in [3.8, 4) is 5.75 Å². The number of nitrogens with zero attached hydrogens (tertiary/aromatic N) is 2. The summed E-state index contributed by atoms with van der Waals surface area (Å²) in [6.45, 7) is 0. The second-order valence-electron chi connectivity index (χ2n) is 4.31. The maximum Gasteiger partial charge on any atom is 0.417 e. The highest BCUT2D eigenvalue weighted by molar-refractivity contribution is 6.04. The van der Waals surface area contributed by atoms with Gasteiger partial charge in [-0.2, -0.15) is 13.2 Å². The summed E-state index contributed by atoms with van der Waals surface area (Å²) in [5, 5.41) is 9.36. The Bertz CT molecular complexity index is 654. The van der Waals surface area contributed by atoms with Crippen molar-refractivity contribution in [1.82, 2.24) is 4.98 Å². The first kappa shape index (κ1) is 14.8. The Kier molecular flexibility index (Phi) is 3.84. The number of amides is 1. The van der Waals surface area contributed by atoms with Crippen molar-refractivity contribution in [1.29, 1.82) is 0 Å². The maximum absolute atomic E-state index is 12.4. The van der Waals surface area contributed by atoms with Crippen molar-refractivity contribution in [2.24, 2.45) is 0 Å². The van der Waals surface area contributed by atoms with E-state index >= 15 is 0 Å². The standard InChI is InChI=1S/C14H11F3N2O2/c1-19(10-3-2-4-11(20)7-10)13(21)12-6-5-9(8-18-12)14(15,16)17/h2-8,20H,1H3. The minimum Gasteiger partial charge on any atom is -0.508 e. The van der Waals surface area contributed by atoms with Crippen molar-refractivity contribution in [2.75, 3.05) is 11.9 Å². The van der Waals surface area contributed by atoms with Crippen LogP contribution in [0.4, 0.5) is 18.9 Å². The van der Waals surface area contributed by atoms with Crippen LogP contribution in [0.15, 0.2) is 42.6 Å². The molecule has 7 heteroatoms. The maximum atomic E-state index is 12.4. The summed E-state index contributed by atoms with van der Waals surface area (Å²) in [4.78, 5) is 16.8. The summed E-state index contributed by atoms with van der Waals surface area (Å²) < 4.78 is 37.3. The van der Waals surface area contributed by atoms with Crippen molar-refractivity contribution < 1.29 is 23.1 Å². The number of aromatic hydroxyl groups is 1. The fourth-order valence-corrected chi connectivity index (χ4v) is 1.68. The van der Waals surface area contributed by atoms with Gasteiger partial charge in [-0.15, -0.1) is 0 Å². The Morgan fingerprint density at radius 3 is 2.48 bits per heavy atom. The highest BCUT2D eigenvalue weighted by Gasteiger charge is 2.31. The number of phenolic OH excluding ortho intramolecular Hbond substituents is 1. The first-order valence-electron chi connectivity index (χ1n) is 5.89. The minimum atomic E-state index is -4.49. The topological polar surface area (TPSA) is 53.4 Å². The van der Waals surface area contributed by atoms with Crippen LogP contribution in [-0.4, -0.2) is 23.0 Å². The monoisotopic (exact) mass is 296 g/mol. The molecule has 0 atom stereocenters. The van der Waals surface area contributed by atoms with E-state index in [0.717, 1.165) is 12.1 Å². The number of carbonyl (C=O) groups excluding carboxylic acids is 1. The van der Waals surface area contributed by atoms with Gasteiger partial charge in [0.05, 0.1) is 5.56 Å². The largest absolute Gasteiger partial charge is 0.508 e. The van der Waals surface area contributed by atoms with Crippen LogP contribution in [0.3, 0.4) is 0 Å². The average Bonchev–Trinajstić information content (AvgIpc) is 2.45. The molecule has 1 amide bonds. The molecule has 2 aromatic rings. The zero-order valence-electron chi connectivity index (χ0n) is 10.9. The summed E-state index contributed by atoms with van der Waals surface area (Å²) in [6.07, 6.45) is -3.88. The van der Waals surface area contributed by atoms with Crippen LogP contribution in [0.25, 0.3) is 0 Å². The number of pyridine rings is 1. The van der Waals surface area contributed by atoms with Gasteiger partial charge in [0.2, 0.25) is 0 Å². The molecule has 0 spiro atoms. The Morgan fingerprint density at radius 2 is 1.95 bits per heavy atom. The van der Waals surface area contributed by atoms with Gasteiger partial charge in [-0.1, -0.05) is 6.07 Å². The number of hydrogen-bond donors (Lipinski definition) is 1. The van der Waals surface area contributed by atoms with E-state index in [1.807, 2.05) is 0 Å². The fraction of sp³-hybridized carbons (Fsp3) is 0.143. The zero-order chi connectivity index (χ0) is 15.6. The molecule has 0 aliphatic heterocycles. The summed E-state index contributed by atoms with van der Waals surface area (Å²) in [7, 11) is 1.44. The second-order valence-corrected chi connectivity index (χ2v) is 4.31. The lowest BCUT2D eigenvalue weighted by molar-refractivity contribution is -0.137. The molecule has 0 unspecified atom stereocenters. The number of carbonyl (C=O) groups is 1. The molecular formula is C14H11F3N2O2. The number of anilines is 1. The van der Waals surface area contributed by atoms with Crippen molar-refractivity contribution >= 4 is 11.6 Å². The van der Waals surface area contributed by atoms with Crippen LogP contribution < -0.4 is 4.90 Å². The average molecular weight is 296 g/mol. The third-order valence-electron chi connectivity index (χ3n) is 2.83. The molecule has 0 saturated carbocycles. The molecule has 0 fully saturated rings. The van der Waals surface area contributed by atoms with E-state index < -0.39 is 17.6 Å². The summed E-state index contributed by atoms with van der Waals surface area (Å²) in [5.74, 6) is -0.596. The first-order valence-corrected chi connectivity index (χ1v) is 5.89. The fourth-order valence-electron chi connectivity index (χ4n) is 1.68. The molecule has 0 aliphatic carbocycles. The zero-order valence-corrected chi connectivity index (χ0v) is 10.9. The van der Waals surface area contributed by atoms with E-state index in [1.165, 1.54) is 24.1 Å². The number of benzene rings is 1. The van der Waals surface area contributed by atoms with Gasteiger partial charge in [-0.3, -0.25) is 9.78 Å². The number of aromatic nitrogens is 1. The molecule has 1 N–H and O–H groups in total. The third kappa shape index (κ3) is 3.31. The highest BCUT2D eigenvalue weighted by Crippen LogP contribution is 2.28. The quantitative estimate of drug-likeness (QED) is 0.926. The number of hydrogen-bond acceptors (Lipinski definition) is 3. The van der Waals surface area contributed by atoms with Crippen molar-refractivity contribution in [2.45, 2.75) is 6.18 Å². The summed E-state index contributed by atoms with van der Waals surface area (Å²) in [5.41, 5.74) is -0.630. The summed E-state index contributed by atoms with van der Waals surface area (Å²) in [6, 6.07) is 7.76. The van der Waals surface area contributed by atoms with E-state index in [0.29, 0.717) is 11.9 Å². The van der Waals surface area contributed by atoms with Gasteiger partial charge in [-0.05, 0) is 24.3 Å². The molecule has 0 bridgehead atoms. The molecular weight excluding hydrogens is 285 g/mol. The van der Waals surface area contributed by atoms with Crippen LogP contribution in [0, 0.1) is 0 Å². The van der Waals surface area contributed by atoms with E-state index in [1.54, 1.807) is 12.1 Å². The van der Waals surface area contributed by atoms with Crippen molar-refractivity contribution in [3.63, 3.8) is 0 Å². The SMILES string of the molecule is CN(C(=O)c1ccc(C(F)(F)F)cn1)c1cccc(O)c1. The van der Waals surface area contributed by atoms with Gasteiger partial charge in [0.15, 0.2) is 0 Å². The van der Waals surface area contributed by atoms with Gasteiger partial charge in [-0.25, -0.2) is 0 Å². The van der Waals surface area contributed by atoms with Gasteiger partial charge >= 0.3 is 6.18 Å². The summed E-state index contributed by atoms with van der Waals surface area (Å²) >= 11 is 0. The normalized spacial score (nSPS) is 11.2. The smallest absolute Gasteiger partial charge is 0.417 e. The predicted octanol–water partition coefficient (Wildman–Crippen LogP) is 3.08. The molecule has 21 heavy (non-hydrogen) atoms. The molecule has 1 aromatic carbocycles. The minimum absolute atomic E-state index is 0.0208. The van der Waals surface area contributed by atoms with Crippen LogP contribution in [0.1, 0.15) is 16.1 Å². The molecule has 110 valence electrons. The van der Waals surface area contributed by atoms with E-state index in [2.05, 4.69) is 4.98 Å². The molecule has 2 rings (SSSR count). The molecule has 1 heterocycles. The molecule has 0 aliphatic rings. The Balaban J connectivity index is 2.24. The van der Waals surface area contributed by atoms with Gasteiger partial charge < -0.3 is 10.0 Å². The number of alkyl halides is 3. The first-order chi connectivity index (χ1) is 9.79. The molecule has 0 radical (unpaired) electrons. The van der Waals surface area contributed by atoms with E-state index in [4.69, 9.17) is 0 Å². The molecule has 1 aromatic heterocycles. The molecule has 4 nitrogen and oxygen atoms in total. The van der Waals surface area contributed by atoms with Crippen LogP contribution >= 0.6 is 0 Å². The molecule has 0 saturated heterocycles. The van der Waals surface area contributed by atoms with Crippen molar-refractivity contribution in [3.05, 3.63) is 53.9 Å². The lowest BCUT2D eigenvalue weighted by Gasteiger charge is -2.17. The van der Waals surface area contributed by atoms with Gasteiger partial charge in [0.1, 0.15) is 11.4 Å². The third-order valence-corrected chi connectivity index (χ3v) is 2.83. The lowest BCUT2D eigenvalue weighted by atomic mass is 10.2. The van der Waals surface area contributed by atoms with Crippen LogP contribution in [0.5, 0.6) is 5.75 Å². The predicted molar refractivity (Wildman–Crippen MR) is 70.1 cm³/mol. The van der Waals surface area contributed by atoms with E-state index in [-0.39, 0.29) is 11.4 Å².